The van der Waals surface area contributed by atoms with E-state index < -0.39 is 0 Å². The molecule has 3 rings (SSSR count). The quantitative estimate of drug-likeness (QED) is 0.830. The number of pyridine rings is 1. The van der Waals surface area contributed by atoms with Crippen molar-refractivity contribution in [1.82, 2.24) is 10.3 Å². The molecule has 1 fully saturated rings. The van der Waals surface area contributed by atoms with E-state index in [2.05, 4.69) is 29.4 Å². The summed E-state index contributed by atoms with van der Waals surface area (Å²) in [7, 11) is 0. The zero-order valence-corrected chi connectivity index (χ0v) is 11.4. The number of aromatic nitrogens is 1. The molecule has 2 heteroatoms. The van der Waals surface area contributed by atoms with E-state index in [4.69, 9.17) is 0 Å². The van der Waals surface area contributed by atoms with Crippen molar-refractivity contribution in [3.05, 3.63) is 29.6 Å². The first-order valence-corrected chi connectivity index (χ1v) is 7.55. The second-order valence-corrected chi connectivity index (χ2v) is 5.86. The predicted octanol–water partition coefficient (Wildman–Crippen LogP) is 3.28. The van der Waals surface area contributed by atoms with Crippen LogP contribution in [-0.4, -0.2) is 17.6 Å². The van der Waals surface area contributed by atoms with Gasteiger partial charge in [-0.1, -0.05) is 13.0 Å². The molecule has 1 aromatic rings. The van der Waals surface area contributed by atoms with Gasteiger partial charge in [-0.3, -0.25) is 4.98 Å². The molecule has 2 nitrogen and oxygen atoms in total. The van der Waals surface area contributed by atoms with Crippen LogP contribution >= 0.6 is 0 Å². The molecule has 0 saturated heterocycles. The number of hydrogen-bond donors (Lipinski definition) is 1. The third-order valence-electron chi connectivity index (χ3n) is 4.56. The van der Waals surface area contributed by atoms with Gasteiger partial charge in [0.05, 0.1) is 0 Å². The Kier molecular flexibility index (Phi) is 3.64. The highest BCUT2D eigenvalue weighted by Gasteiger charge is 2.32. The van der Waals surface area contributed by atoms with Crippen LogP contribution in [0, 0.1) is 5.92 Å². The van der Waals surface area contributed by atoms with Crippen molar-refractivity contribution in [3.63, 3.8) is 0 Å². The summed E-state index contributed by atoms with van der Waals surface area (Å²) in [4.78, 5) is 4.60. The van der Waals surface area contributed by atoms with Crippen LogP contribution in [0.25, 0.3) is 0 Å². The van der Waals surface area contributed by atoms with Gasteiger partial charge < -0.3 is 5.32 Å². The fraction of sp³-hybridized carbons (Fsp3) is 0.688. The lowest BCUT2D eigenvalue weighted by Crippen LogP contribution is -2.31. The van der Waals surface area contributed by atoms with Gasteiger partial charge in [-0.25, -0.2) is 0 Å². The summed E-state index contributed by atoms with van der Waals surface area (Å²) >= 11 is 0. The number of aryl methyl sites for hydroxylation is 1. The highest BCUT2D eigenvalue weighted by Crippen LogP contribution is 2.38. The number of rotatable bonds is 6. The second-order valence-electron chi connectivity index (χ2n) is 5.86. The first-order chi connectivity index (χ1) is 8.88. The first-order valence-electron chi connectivity index (χ1n) is 7.55. The van der Waals surface area contributed by atoms with Crippen molar-refractivity contribution in [3.8, 4) is 0 Å². The van der Waals surface area contributed by atoms with Crippen LogP contribution in [0.5, 0.6) is 0 Å². The molecule has 1 heterocycles. The lowest BCUT2D eigenvalue weighted by atomic mass is 9.95. The fourth-order valence-corrected chi connectivity index (χ4v) is 3.42. The van der Waals surface area contributed by atoms with Crippen molar-refractivity contribution in [2.45, 2.75) is 57.4 Å². The minimum absolute atomic E-state index is 0.723. The normalized spacial score (nSPS) is 23.9. The van der Waals surface area contributed by atoms with E-state index in [1.165, 1.54) is 49.8 Å². The van der Waals surface area contributed by atoms with Gasteiger partial charge in [-0.15, -0.1) is 0 Å². The number of fused-ring (bicyclic) bond motifs is 1. The Morgan fingerprint density at radius 1 is 1.39 bits per heavy atom. The smallest absolute Gasteiger partial charge is 0.0466 e. The van der Waals surface area contributed by atoms with Gasteiger partial charge in [0.15, 0.2) is 0 Å². The largest absolute Gasteiger partial charge is 0.314 e. The summed E-state index contributed by atoms with van der Waals surface area (Å²) in [5.41, 5.74) is 2.89. The van der Waals surface area contributed by atoms with Gasteiger partial charge in [0.25, 0.3) is 0 Å². The van der Waals surface area contributed by atoms with Crippen molar-refractivity contribution < 1.29 is 0 Å². The summed E-state index contributed by atoms with van der Waals surface area (Å²) in [5, 5.41) is 3.67. The van der Waals surface area contributed by atoms with Crippen LogP contribution in [0.2, 0.25) is 0 Å². The van der Waals surface area contributed by atoms with E-state index in [0.717, 1.165) is 24.4 Å². The predicted molar refractivity (Wildman–Crippen MR) is 74.7 cm³/mol. The molecule has 1 aromatic heterocycles. The summed E-state index contributed by atoms with van der Waals surface area (Å²) in [6, 6.07) is 5.10. The monoisotopic (exact) mass is 244 g/mol. The molecule has 2 aliphatic rings. The maximum atomic E-state index is 4.60. The van der Waals surface area contributed by atoms with E-state index in [-0.39, 0.29) is 0 Å². The van der Waals surface area contributed by atoms with Crippen LogP contribution in [-0.2, 0) is 6.42 Å². The van der Waals surface area contributed by atoms with Crippen molar-refractivity contribution in [2.24, 2.45) is 5.92 Å². The molecular formula is C16H24N2. The van der Waals surface area contributed by atoms with Crippen LogP contribution in [0.15, 0.2) is 18.3 Å². The molecular weight excluding hydrogens is 220 g/mol. The maximum Gasteiger partial charge on any atom is 0.0466 e. The molecule has 0 aromatic carbocycles. The molecule has 2 unspecified atom stereocenters. The molecule has 18 heavy (non-hydrogen) atoms. The Bertz CT molecular complexity index is 398. The van der Waals surface area contributed by atoms with Crippen LogP contribution in [0.1, 0.15) is 56.2 Å². The summed E-state index contributed by atoms with van der Waals surface area (Å²) in [5.74, 6) is 1.69. The van der Waals surface area contributed by atoms with E-state index in [1.807, 2.05) is 6.20 Å². The van der Waals surface area contributed by atoms with Gasteiger partial charge in [-0.2, -0.15) is 0 Å². The third kappa shape index (κ3) is 2.59. The van der Waals surface area contributed by atoms with Crippen LogP contribution < -0.4 is 5.32 Å². The van der Waals surface area contributed by atoms with Crippen molar-refractivity contribution in [1.29, 1.82) is 0 Å². The standard InChI is InChI=1S/C16H24N2/c1-2-17-15(12-5-6-12)10-9-14-8-7-13-4-3-11-18-16(13)14/h3-4,11-12,14-15,17H,2,5-10H2,1H3. The van der Waals surface area contributed by atoms with Gasteiger partial charge in [0, 0.05) is 23.9 Å². The first kappa shape index (κ1) is 12.2. The molecule has 0 radical (unpaired) electrons. The van der Waals surface area contributed by atoms with E-state index >= 15 is 0 Å². The molecule has 98 valence electrons. The minimum Gasteiger partial charge on any atom is -0.314 e. The second kappa shape index (κ2) is 5.40. The van der Waals surface area contributed by atoms with Gasteiger partial charge in [-0.05, 0) is 62.6 Å². The van der Waals surface area contributed by atoms with Crippen LogP contribution in [0.4, 0.5) is 0 Å². The molecule has 1 N–H and O–H groups in total. The Balaban J connectivity index is 1.57. The minimum atomic E-state index is 0.723. The zero-order valence-electron chi connectivity index (χ0n) is 11.4. The topological polar surface area (TPSA) is 24.9 Å². The van der Waals surface area contributed by atoms with Gasteiger partial charge in [0.2, 0.25) is 0 Å². The van der Waals surface area contributed by atoms with Crippen molar-refractivity contribution >= 4 is 0 Å². The third-order valence-corrected chi connectivity index (χ3v) is 4.56. The molecule has 0 amide bonds. The molecule has 2 aliphatic carbocycles. The lowest BCUT2D eigenvalue weighted by Gasteiger charge is -2.19. The van der Waals surface area contributed by atoms with Crippen LogP contribution in [0.3, 0.4) is 0 Å². The molecule has 2 atom stereocenters. The van der Waals surface area contributed by atoms with Crippen molar-refractivity contribution in [2.75, 3.05) is 6.54 Å². The highest BCUT2D eigenvalue weighted by atomic mass is 14.9. The zero-order chi connectivity index (χ0) is 12.4. The molecule has 0 spiro atoms. The van der Waals surface area contributed by atoms with E-state index in [1.54, 1.807) is 0 Å². The summed E-state index contributed by atoms with van der Waals surface area (Å²) < 4.78 is 0. The fourth-order valence-electron chi connectivity index (χ4n) is 3.42. The molecule has 1 saturated carbocycles. The van der Waals surface area contributed by atoms with Gasteiger partial charge >= 0.3 is 0 Å². The Hall–Kier alpha value is -0.890. The van der Waals surface area contributed by atoms with E-state index in [0.29, 0.717) is 0 Å². The Morgan fingerprint density at radius 3 is 3.06 bits per heavy atom. The molecule has 0 aliphatic heterocycles. The number of nitrogens with zero attached hydrogens (tertiary/aromatic N) is 1. The average Bonchev–Trinajstić information content (AvgIpc) is 3.16. The summed E-state index contributed by atoms with van der Waals surface area (Å²) in [6.07, 6.45) is 10.0. The number of nitrogens with one attached hydrogen (secondary N) is 1. The summed E-state index contributed by atoms with van der Waals surface area (Å²) in [6.45, 7) is 3.34. The molecule has 0 bridgehead atoms. The highest BCUT2D eigenvalue weighted by molar-refractivity contribution is 5.28. The average molecular weight is 244 g/mol. The maximum absolute atomic E-state index is 4.60. The lowest BCUT2D eigenvalue weighted by molar-refractivity contribution is 0.412. The number of hydrogen-bond acceptors (Lipinski definition) is 2. The van der Waals surface area contributed by atoms with Gasteiger partial charge in [0.1, 0.15) is 0 Å². The van der Waals surface area contributed by atoms with E-state index in [9.17, 15) is 0 Å². The Morgan fingerprint density at radius 2 is 2.28 bits per heavy atom. The SMILES string of the molecule is CCNC(CCC1CCc2cccnc21)C1CC1. The Labute approximate surface area is 110 Å².